The average molecular weight is 273 g/mol. The number of hydrogen-bond donors (Lipinski definition) is 1. The second-order valence-corrected chi connectivity index (χ2v) is 5.52. The van der Waals surface area contributed by atoms with Crippen LogP contribution in [0.1, 0.15) is 36.7 Å². The van der Waals surface area contributed by atoms with Gasteiger partial charge in [0.1, 0.15) is 17.6 Å². The number of hydrogen-bond acceptors (Lipinski definition) is 3. The van der Waals surface area contributed by atoms with Crippen molar-refractivity contribution in [2.45, 2.75) is 32.9 Å². The van der Waals surface area contributed by atoms with Crippen LogP contribution >= 0.6 is 0 Å². The van der Waals surface area contributed by atoms with E-state index in [4.69, 9.17) is 9.15 Å². The van der Waals surface area contributed by atoms with Gasteiger partial charge in [-0.15, -0.1) is 0 Å². The van der Waals surface area contributed by atoms with Gasteiger partial charge < -0.3 is 14.5 Å². The van der Waals surface area contributed by atoms with Gasteiger partial charge in [0, 0.05) is 12.1 Å². The lowest BCUT2D eigenvalue weighted by Gasteiger charge is -2.23. The highest BCUT2D eigenvalue weighted by Crippen LogP contribution is 2.22. The van der Waals surface area contributed by atoms with Crippen LogP contribution in [0.4, 0.5) is 0 Å². The molecule has 1 N–H and O–H groups in total. The number of carbonyl (C=O) groups is 1. The number of nitrogens with one attached hydrogen (secondary N) is 1. The lowest BCUT2D eigenvalue weighted by atomic mass is 10.1. The van der Waals surface area contributed by atoms with Crippen molar-refractivity contribution in [2.24, 2.45) is 0 Å². The summed E-state index contributed by atoms with van der Waals surface area (Å²) in [5.41, 5.74) is 1.18. The predicted octanol–water partition coefficient (Wildman–Crippen LogP) is 3.39. The quantitative estimate of drug-likeness (QED) is 0.929. The van der Waals surface area contributed by atoms with Crippen LogP contribution in [-0.2, 0) is 6.54 Å². The summed E-state index contributed by atoms with van der Waals surface area (Å²) in [4.78, 5) is 11.9. The van der Waals surface area contributed by atoms with Crippen LogP contribution in [0, 0.1) is 0 Å². The summed E-state index contributed by atoms with van der Waals surface area (Å²) < 4.78 is 10.8. The fraction of sp³-hybridized carbons (Fsp3) is 0.312. The van der Waals surface area contributed by atoms with Crippen LogP contribution in [-0.4, -0.2) is 11.5 Å². The van der Waals surface area contributed by atoms with Crippen LogP contribution in [0.5, 0.6) is 5.75 Å². The Morgan fingerprint density at radius 3 is 2.65 bits per heavy atom. The van der Waals surface area contributed by atoms with Gasteiger partial charge in [0.25, 0.3) is 5.91 Å². The van der Waals surface area contributed by atoms with Gasteiger partial charge in [0.05, 0.1) is 11.8 Å². The molecule has 0 fully saturated rings. The molecule has 4 nitrogen and oxygen atoms in total. The summed E-state index contributed by atoms with van der Waals surface area (Å²) >= 11 is 0. The van der Waals surface area contributed by atoms with Crippen molar-refractivity contribution in [3.63, 3.8) is 0 Å². The Kier molecular flexibility index (Phi) is 4.13. The maximum absolute atomic E-state index is 11.9. The monoisotopic (exact) mass is 273 g/mol. The number of furan rings is 1. The number of ether oxygens (including phenoxy) is 1. The molecular formula is C16H19NO3. The highest BCUT2D eigenvalue weighted by molar-refractivity contribution is 5.93. The Balaban J connectivity index is 2.04. The van der Waals surface area contributed by atoms with E-state index in [-0.39, 0.29) is 11.5 Å². The molecular weight excluding hydrogens is 254 g/mol. The Labute approximate surface area is 118 Å². The van der Waals surface area contributed by atoms with Crippen molar-refractivity contribution in [2.75, 3.05) is 0 Å². The zero-order valence-corrected chi connectivity index (χ0v) is 12.0. The summed E-state index contributed by atoms with van der Waals surface area (Å²) in [5.74, 6) is 0.622. The molecule has 1 aromatic heterocycles. The largest absolute Gasteiger partial charge is 0.488 e. The first-order chi connectivity index (χ1) is 9.46. The Morgan fingerprint density at radius 2 is 2.00 bits per heavy atom. The van der Waals surface area contributed by atoms with Gasteiger partial charge >= 0.3 is 0 Å². The summed E-state index contributed by atoms with van der Waals surface area (Å²) in [6.45, 7) is 6.39. The minimum atomic E-state index is -0.273. The van der Waals surface area contributed by atoms with Crippen LogP contribution in [0.3, 0.4) is 0 Å². The molecule has 0 saturated heterocycles. The molecule has 0 bridgehead atoms. The van der Waals surface area contributed by atoms with E-state index in [1.807, 2.05) is 45.0 Å². The molecule has 0 unspecified atom stereocenters. The summed E-state index contributed by atoms with van der Waals surface area (Å²) in [6, 6.07) is 9.32. The van der Waals surface area contributed by atoms with Crippen molar-refractivity contribution in [1.82, 2.24) is 5.32 Å². The highest BCUT2D eigenvalue weighted by atomic mass is 16.5. The van der Waals surface area contributed by atoms with E-state index in [0.29, 0.717) is 12.1 Å². The molecule has 4 heteroatoms. The normalized spacial score (nSPS) is 11.2. The smallest absolute Gasteiger partial charge is 0.254 e. The summed E-state index contributed by atoms with van der Waals surface area (Å²) in [5, 5.41) is 2.85. The Morgan fingerprint density at radius 1 is 1.25 bits per heavy atom. The zero-order valence-electron chi connectivity index (χ0n) is 12.0. The maximum atomic E-state index is 11.9. The fourth-order valence-corrected chi connectivity index (χ4v) is 1.75. The summed E-state index contributed by atoms with van der Waals surface area (Å²) in [7, 11) is 0. The molecule has 1 heterocycles. The molecule has 0 atom stereocenters. The molecule has 1 amide bonds. The van der Waals surface area contributed by atoms with Gasteiger partial charge in [-0.1, -0.05) is 18.2 Å². The fourth-order valence-electron chi connectivity index (χ4n) is 1.75. The zero-order chi connectivity index (χ0) is 14.6. The number of benzene rings is 1. The molecule has 2 rings (SSSR count). The number of para-hydroxylation sites is 1. The first-order valence-corrected chi connectivity index (χ1v) is 6.53. The van der Waals surface area contributed by atoms with Gasteiger partial charge in [-0.2, -0.15) is 0 Å². The van der Waals surface area contributed by atoms with Crippen molar-refractivity contribution < 1.29 is 13.9 Å². The number of rotatable bonds is 4. The Hall–Kier alpha value is -2.23. The average Bonchev–Trinajstić information content (AvgIpc) is 2.89. The minimum Gasteiger partial charge on any atom is -0.488 e. The van der Waals surface area contributed by atoms with Crippen LogP contribution in [0.15, 0.2) is 47.3 Å². The first-order valence-electron chi connectivity index (χ1n) is 6.53. The van der Waals surface area contributed by atoms with Crippen LogP contribution < -0.4 is 10.1 Å². The molecule has 0 aliphatic carbocycles. The van der Waals surface area contributed by atoms with Gasteiger partial charge in [0.15, 0.2) is 0 Å². The number of amides is 1. The third kappa shape index (κ3) is 3.88. The van der Waals surface area contributed by atoms with E-state index in [0.717, 1.165) is 11.3 Å². The van der Waals surface area contributed by atoms with Gasteiger partial charge in [-0.05, 0) is 32.9 Å². The molecule has 2 aromatic rings. The Bertz CT molecular complexity index is 568. The summed E-state index contributed by atoms with van der Waals surface area (Å²) in [6.07, 6.45) is 2.90. The molecule has 0 aliphatic rings. The van der Waals surface area contributed by atoms with E-state index in [1.54, 1.807) is 6.07 Å². The molecule has 0 aliphatic heterocycles. The predicted molar refractivity (Wildman–Crippen MR) is 76.7 cm³/mol. The molecule has 0 saturated carbocycles. The molecule has 0 radical (unpaired) electrons. The third-order valence-electron chi connectivity index (χ3n) is 2.61. The standard InChI is InChI=1S/C16H19NO3/c1-16(2,3)20-14-7-5-4-6-12(14)10-17-15(18)13-8-9-19-11-13/h4-9,11H,10H2,1-3H3,(H,17,18). The van der Waals surface area contributed by atoms with Gasteiger partial charge in [-0.25, -0.2) is 0 Å². The van der Waals surface area contributed by atoms with Gasteiger partial charge in [-0.3, -0.25) is 4.79 Å². The SMILES string of the molecule is CC(C)(C)Oc1ccccc1CNC(=O)c1ccoc1. The lowest BCUT2D eigenvalue weighted by Crippen LogP contribution is -2.26. The number of carbonyl (C=O) groups excluding carboxylic acids is 1. The van der Waals surface area contributed by atoms with E-state index in [2.05, 4.69) is 5.32 Å². The second kappa shape index (κ2) is 5.82. The van der Waals surface area contributed by atoms with E-state index >= 15 is 0 Å². The van der Waals surface area contributed by atoms with Crippen molar-refractivity contribution >= 4 is 5.91 Å². The third-order valence-corrected chi connectivity index (χ3v) is 2.61. The first kappa shape index (κ1) is 14.2. The molecule has 1 aromatic carbocycles. The minimum absolute atomic E-state index is 0.163. The maximum Gasteiger partial charge on any atom is 0.254 e. The van der Waals surface area contributed by atoms with Crippen LogP contribution in [0.2, 0.25) is 0 Å². The topological polar surface area (TPSA) is 51.5 Å². The van der Waals surface area contributed by atoms with Crippen LogP contribution in [0.25, 0.3) is 0 Å². The van der Waals surface area contributed by atoms with E-state index in [1.165, 1.54) is 12.5 Å². The second-order valence-electron chi connectivity index (χ2n) is 5.52. The van der Waals surface area contributed by atoms with Crippen molar-refractivity contribution in [3.8, 4) is 5.75 Å². The van der Waals surface area contributed by atoms with E-state index < -0.39 is 0 Å². The van der Waals surface area contributed by atoms with E-state index in [9.17, 15) is 4.79 Å². The van der Waals surface area contributed by atoms with Crippen molar-refractivity contribution in [3.05, 3.63) is 54.0 Å². The molecule has 20 heavy (non-hydrogen) atoms. The van der Waals surface area contributed by atoms with Crippen molar-refractivity contribution in [1.29, 1.82) is 0 Å². The highest BCUT2D eigenvalue weighted by Gasteiger charge is 2.15. The molecule has 106 valence electrons. The van der Waals surface area contributed by atoms with Gasteiger partial charge in [0.2, 0.25) is 0 Å². The molecule has 0 spiro atoms. The lowest BCUT2D eigenvalue weighted by molar-refractivity contribution is 0.0949.